The third-order valence-corrected chi connectivity index (χ3v) is 3.63. The number of anilines is 2. The van der Waals surface area contributed by atoms with Crippen molar-refractivity contribution in [2.24, 2.45) is 0 Å². The van der Waals surface area contributed by atoms with Gasteiger partial charge in [-0.25, -0.2) is 4.98 Å². The highest BCUT2D eigenvalue weighted by Gasteiger charge is 2.10. The van der Waals surface area contributed by atoms with Gasteiger partial charge in [0.2, 0.25) is 0 Å². The summed E-state index contributed by atoms with van der Waals surface area (Å²) in [5, 5.41) is 7.20. The van der Waals surface area contributed by atoms with Crippen LogP contribution in [0.5, 0.6) is 5.75 Å². The molecule has 3 N–H and O–H groups in total. The summed E-state index contributed by atoms with van der Waals surface area (Å²) < 4.78 is 9.17. The summed E-state index contributed by atoms with van der Waals surface area (Å²) in [5.74, 6) is 1.06. The Kier molecular flexibility index (Phi) is 3.58. The van der Waals surface area contributed by atoms with Crippen LogP contribution in [0.15, 0.2) is 11.6 Å². The minimum atomic E-state index is 0.434. The van der Waals surface area contributed by atoms with Crippen LogP contribution in [0.3, 0.4) is 0 Å². The molecular weight excluding hydrogens is 244 g/mol. The van der Waals surface area contributed by atoms with Crippen LogP contribution in [0.2, 0.25) is 0 Å². The molecule has 5 nitrogen and oxygen atoms in total. The van der Waals surface area contributed by atoms with E-state index in [0.717, 1.165) is 23.0 Å². The topological polar surface area (TPSA) is 73.1 Å². The van der Waals surface area contributed by atoms with E-state index in [1.807, 2.05) is 11.6 Å². The molecule has 0 radical (unpaired) electrons. The van der Waals surface area contributed by atoms with Crippen LogP contribution in [-0.4, -0.2) is 23.0 Å². The fraction of sp³-hybridized carbons (Fsp3) is 0.333. The lowest BCUT2D eigenvalue weighted by Gasteiger charge is -2.04. The molecule has 2 rings (SSSR count). The smallest absolute Gasteiger partial charge is 0.197 e. The molecule has 0 atom stereocenters. The average Bonchev–Trinajstić information content (AvgIpc) is 2.89. The SMILES string of the molecule is COc1c(N)nsc1NCCc1nccs1. The third-order valence-electron chi connectivity index (χ3n) is 1.99. The Hall–Kier alpha value is -1.34. The van der Waals surface area contributed by atoms with Gasteiger partial charge >= 0.3 is 0 Å². The Bertz CT molecular complexity index is 440. The number of nitrogens with zero attached hydrogens (tertiary/aromatic N) is 2. The van der Waals surface area contributed by atoms with Crippen molar-refractivity contribution in [1.82, 2.24) is 9.36 Å². The Balaban J connectivity index is 1.89. The lowest BCUT2D eigenvalue weighted by Crippen LogP contribution is -2.04. The fourth-order valence-corrected chi connectivity index (χ4v) is 2.59. The standard InChI is InChI=1S/C9H12N4OS2/c1-14-7-8(10)13-16-9(7)12-3-2-6-11-4-5-15-6/h4-5,12H,2-3H2,1H3,(H2,10,13). The van der Waals surface area contributed by atoms with Crippen LogP contribution in [-0.2, 0) is 6.42 Å². The van der Waals surface area contributed by atoms with Gasteiger partial charge in [0.15, 0.2) is 16.6 Å². The van der Waals surface area contributed by atoms with Crippen LogP contribution in [0.25, 0.3) is 0 Å². The van der Waals surface area contributed by atoms with Gasteiger partial charge in [0.25, 0.3) is 0 Å². The lowest BCUT2D eigenvalue weighted by molar-refractivity contribution is 0.419. The first-order chi connectivity index (χ1) is 7.81. The lowest BCUT2D eigenvalue weighted by atomic mass is 10.4. The summed E-state index contributed by atoms with van der Waals surface area (Å²) in [6, 6.07) is 0. The Morgan fingerprint density at radius 3 is 3.12 bits per heavy atom. The van der Waals surface area contributed by atoms with Crippen molar-refractivity contribution in [3.63, 3.8) is 0 Å². The maximum Gasteiger partial charge on any atom is 0.197 e. The van der Waals surface area contributed by atoms with Crippen molar-refractivity contribution in [1.29, 1.82) is 0 Å². The van der Waals surface area contributed by atoms with Crippen molar-refractivity contribution in [2.75, 3.05) is 24.7 Å². The largest absolute Gasteiger partial charge is 0.490 e. The number of thiazole rings is 1. The molecular formula is C9H12N4OS2. The monoisotopic (exact) mass is 256 g/mol. The Morgan fingerprint density at radius 1 is 1.56 bits per heavy atom. The molecule has 0 aromatic carbocycles. The van der Waals surface area contributed by atoms with Crippen LogP contribution >= 0.6 is 22.9 Å². The predicted octanol–water partition coefficient (Wildman–Crippen LogP) is 1.84. The van der Waals surface area contributed by atoms with E-state index in [-0.39, 0.29) is 0 Å². The van der Waals surface area contributed by atoms with E-state index < -0.39 is 0 Å². The molecule has 0 aliphatic carbocycles. The van der Waals surface area contributed by atoms with Crippen molar-refractivity contribution in [2.45, 2.75) is 6.42 Å². The molecule has 2 heterocycles. The van der Waals surface area contributed by atoms with Gasteiger partial charge in [-0.15, -0.1) is 11.3 Å². The molecule has 0 spiro atoms. The molecule has 0 aliphatic heterocycles. The molecule has 7 heteroatoms. The van der Waals surface area contributed by atoms with Gasteiger partial charge < -0.3 is 15.8 Å². The maximum absolute atomic E-state index is 5.64. The minimum absolute atomic E-state index is 0.434. The molecule has 0 saturated heterocycles. The average molecular weight is 256 g/mol. The highest BCUT2D eigenvalue weighted by atomic mass is 32.1. The van der Waals surface area contributed by atoms with Crippen LogP contribution in [0.1, 0.15) is 5.01 Å². The van der Waals surface area contributed by atoms with Crippen molar-refractivity contribution < 1.29 is 4.74 Å². The number of nitrogen functional groups attached to an aromatic ring is 1. The molecule has 16 heavy (non-hydrogen) atoms. The Morgan fingerprint density at radius 2 is 2.44 bits per heavy atom. The van der Waals surface area contributed by atoms with E-state index in [9.17, 15) is 0 Å². The number of nitrogens with one attached hydrogen (secondary N) is 1. The van der Waals surface area contributed by atoms with Crippen molar-refractivity contribution in [3.8, 4) is 5.75 Å². The minimum Gasteiger partial charge on any atom is -0.490 e. The van der Waals surface area contributed by atoms with Gasteiger partial charge in [0, 0.05) is 24.5 Å². The summed E-state index contributed by atoms with van der Waals surface area (Å²) in [7, 11) is 1.59. The molecule has 2 aromatic rings. The van der Waals surface area contributed by atoms with Gasteiger partial charge in [0.05, 0.1) is 12.1 Å². The number of rotatable bonds is 5. The van der Waals surface area contributed by atoms with E-state index in [2.05, 4.69) is 14.7 Å². The summed E-state index contributed by atoms with van der Waals surface area (Å²) >= 11 is 2.96. The van der Waals surface area contributed by atoms with Gasteiger partial charge in [-0.1, -0.05) is 0 Å². The maximum atomic E-state index is 5.64. The summed E-state index contributed by atoms with van der Waals surface area (Å²) in [6.07, 6.45) is 2.70. The number of ether oxygens (including phenoxy) is 1. The summed E-state index contributed by atoms with van der Waals surface area (Å²) in [6.45, 7) is 0.797. The van der Waals surface area contributed by atoms with Gasteiger partial charge in [0.1, 0.15) is 0 Å². The highest BCUT2D eigenvalue weighted by Crippen LogP contribution is 2.34. The zero-order valence-electron chi connectivity index (χ0n) is 8.77. The van der Waals surface area contributed by atoms with E-state index in [4.69, 9.17) is 10.5 Å². The second kappa shape index (κ2) is 5.13. The van der Waals surface area contributed by atoms with Crippen molar-refractivity contribution >= 4 is 33.7 Å². The number of hydrogen-bond donors (Lipinski definition) is 2. The van der Waals surface area contributed by atoms with Crippen LogP contribution in [0.4, 0.5) is 10.8 Å². The van der Waals surface area contributed by atoms with E-state index >= 15 is 0 Å². The number of hydrogen-bond acceptors (Lipinski definition) is 7. The normalized spacial score (nSPS) is 10.3. The number of aromatic nitrogens is 2. The first-order valence-electron chi connectivity index (χ1n) is 4.72. The predicted molar refractivity (Wildman–Crippen MR) is 67.4 cm³/mol. The van der Waals surface area contributed by atoms with Crippen LogP contribution in [0, 0.1) is 0 Å². The fourth-order valence-electron chi connectivity index (χ4n) is 1.26. The molecule has 0 aliphatic rings. The molecule has 0 saturated carbocycles. The first-order valence-corrected chi connectivity index (χ1v) is 6.38. The quantitative estimate of drug-likeness (QED) is 0.854. The van der Waals surface area contributed by atoms with Crippen LogP contribution < -0.4 is 15.8 Å². The van der Waals surface area contributed by atoms with E-state index in [1.165, 1.54) is 11.5 Å². The van der Waals surface area contributed by atoms with Gasteiger partial charge in [-0.3, -0.25) is 0 Å². The molecule has 0 fully saturated rings. The summed E-state index contributed by atoms with van der Waals surface area (Å²) in [4.78, 5) is 4.21. The second-order valence-corrected chi connectivity index (χ2v) is 4.79. The van der Waals surface area contributed by atoms with Gasteiger partial charge in [-0.05, 0) is 11.5 Å². The zero-order chi connectivity index (χ0) is 11.4. The molecule has 86 valence electrons. The third kappa shape index (κ3) is 2.42. The molecule has 0 unspecified atom stereocenters. The number of methoxy groups -OCH3 is 1. The summed E-state index contributed by atoms with van der Waals surface area (Å²) in [5.41, 5.74) is 5.64. The Labute approximate surface area is 101 Å². The van der Waals surface area contributed by atoms with E-state index in [1.54, 1.807) is 18.4 Å². The molecule has 2 aromatic heterocycles. The first kappa shape index (κ1) is 11.2. The second-order valence-electron chi connectivity index (χ2n) is 3.03. The van der Waals surface area contributed by atoms with Crippen molar-refractivity contribution in [3.05, 3.63) is 16.6 Å². The zero-order valence-corrected chi connectivity index (χ0v) is 10.4. The molecule has 0 amide bonds. The number of nitrogens with two attached hydrogens (primary N) is 1. The molecule has 0 bridgehead atoms. The van der Waals surface area contributed by atoms with Gasteiger partial charge in [-0.2, -0.15) is 4.37 Å². The highest BCUT2D eigenvalue weighted by molar-refractivity contribution is 7.11. The van der Waals surface area contributed by atoms with E-state index in [0.29, 0.717) is 11.6 Å².